The number of hydrogen-bond donors (Lipinski definition) is 1. The molecule has 0 radical (unpaired) electrons. The van der Waals surface area contributed by atoms with E-state index in [4.69, 9.17) is 10.5 Å². The van der Waals surface area contributed by atoms with Crippen molar-refractivity contribution in [2.75, 3.05) is 12.3 Å². The molecule has 0 spiro atoms. The molecular weight excluding hydrogens is 202 g/mol. The van der Waals surface area contributed by atoms with Crippen LogP contribution in [0.5, 0.6) is 0 Å². The van der Waals surface area contributed by atoms with Crippen LogP contribution in [0.4, 0.5) is 5.69 Å². The van der Waals surface area contributed by atoms with Crippen LogP contribution < -0.4 is 5.73 Å². The number of ketones is 1. The molecule has 3 nitrogen and oxygen atoms in total. The third-order valence-corrected chi connectivity index (χ3v) is 3.16. The minimum atomic E-state index is -0.276. The molecule has 0 bridgehead atoms. The lowest BCUT2D eigenvalue weighted by atomic mass is 9.94. The van der Waals surface area contributed by atoms with Gasteiger partial charge >= 0.3 is 0 Å². The number of benzene rings is 1. The lowest BCUT2D eigenvalue weighted by Crippen LogP contribution is -2.25. The van der Waals surface area contributed by atoms with Crippen molar-refractivity contribution in [1.82, 2.24) is 0 Å². The van der Waals surface area contributed by atoms with E-state index >= 15 is 0 Å². The Hall–Kier alpha value is -1.35. The molecule has 0 aliphatic carbocycles. The fraction of sp³-hybridized carbons (Fsp3) is 0.462. The van der Waals surface area contributed by atoms with Gasteiger partial charge in [0.05, 0.1) is 0 Å². The van der Waals surface area contributed by atoms with E-state index in [2.05, 4.69) is 6.92 Å². The quantitative estimate of drug-likeness (QED) is 0.612. The van der Waals surface area contributed by atoms with E-state index < -0.39 is 0 Å². The van der Waals surface area contributed by atoms with E-state index in [1.54, 1.807) is 12.1 Å². The van der Waals surface area contributed by atoms with Crippen molar-refractivity contribution in [3.63, 3.8) is 0 Å². The summed E-state index contributed by atoms with van der Waals surface area (Å²) in [6, 6.07) is 5.38. The summed E-state index contributed by atoms with van der Waals surface area (Å²) in [6.45, 7) is 4.65. The molecule has 1 heterocycles. The van der Waals surface area contributed by atoms with Crippen LogP contribution in [-0.4, -0.2) is 18.5 Å². The van der Waals surface area contributed by atoms with Gasteiger partial charge in [0.25, 0.3) is 0 Å². The zero-order chi connectivity index (χ0) is 11.7. The van der Waals surface area contributed by atoms with E-state index in [0.717, 1.165) is 17.5 Å². The van der Waals surface area contributed by atoms with Gasteiger partial charge in [-0.25, -0.2) is 0 Å². The molecule has 1 fully saturated rings. The Labute approximate surface area is 95.6 Å². The van der Waals surface area contributed by atoms with Crippen molar-refractivity contribution in [3.05, 3.63) is 29.3 Å². The Bertz CT molecular complexity index is 414. The average Bonchev–Trinajstić information content (AvgIpc) is 2.63. The van der Waals surface area contributed by atoms with Gasteiger partial charge in [0, 0.05) is 17.9 Å². The number of aryl methyl sites for hydroxylation is 1. The summed E-state index contributed by atoms with van der Waals surface area (Å²) in [6.07, 6.45) is 0.687. The largest absolute Gasteiger partial charge is 0.399 e. The van der Waals surface area contributed by atoms with Gasteiger partial charge in [-0.05, 0) is 43.0 Å². The van der Waals surface area contributed by atoms with Crippen LogP contribution in [0.25, 0.3) is 0 Å². The topological polar surface area (TPSA) is 52.3 Å². The van der Waals surface area contributed by atoms with Crippen LogP contribution in [0.1, 0.15) is 29.3 Å². The minimum absolute atomic E-state index is 0.0856. The zero-order valence-corrected chi connectivity index (χ0v) is 9.69. The highest BCUT2D eigenvalue weighted by molar-refractivity contribution is 6.01. The summed E-state index contributed by atoms with van der Waals surface area (Å²) < 4.78 is 5.49. The Kier molecular flexibility index (Phi) is 2.97. The number of Topliss-reactive ketones (excluding diaryl/α,β-unsaturated/α-hetero) is 1. The summed E-state index contributed by atoms with van der Waals surface area (Å²) in [5.74, 6) is 0.395. The van der Waals surface area contributed by atoms with E-state index in [9.17, 15) is 4.79 Å². The Morgan fingerprint density at radius 3 is 2.81 bits per heavy atom. The molecule has 1 aromatic carbocycles. The van der Waals surface area contributed by atoms with Crippen molar-refractivity contribution in [2.24, 2.45) is 5.92 Å². The van der Waals surface area contributed by atoms with E-state index in [1.807, 2.05) is 13.0 Å². The summed E-state index contributed by atoms with van der Waals surface area (Å²) >= 11 is 0. The predicted octanol–water partition coefficient (Wildman–Crippen LogP) is 2.18. The standard InChI is InChI=1S/C13H17NO2/c1-8-5-6-16-13(8)12(15)11-4-3-10(14)7-9(11)2/h3-4,7-8,13H,5-6,14H2,1-2H3. The van der Waals surface area contributed by atoms with E-state index in [1.165, 1.54) is 0 Å². The molecule has 0 aromatic heterocycles. The maximum atomic E-state index is 12.2. The van der Waals surface area contributed by atoms with Crippen molar-refractivity contribution in [1.29, 1.82) is 0 Å². The smallest absolute Gasteiger partial charge is 0.192 e. The van der Waals surface area contributed by atoms with Gasteiger partial charge in [-0.3, -0.25) is 4.79 Å². The number of carbonyl (C=O) groups excluding carboxylic acids is 1. The van der Waals surface area contributed by atoms with Crippen LogP contribution in [0, 0.1) is 12.8 Å². The lowest BCUT2D eigenvalue weighted by molar-refractivity contribution is 0.0579. The van der Waals surface area contributed by atoms with Gasteiger partial charge in [-0.2, -0.15) is 0 Å². The average molecular weight is 219 g/mol. The molecule has 1 saturated heterocycles. The van der Waals surface area contributed by atoms with Crippen LogP contribution in [0.15, 0.2) is 18.2 Å². The molecule has 86 valence electrons. The summed E-state index contributed by atoms with van der Waals surface area (Å²) in [7, 11) is 0. The summed E-state index contributed by atoms with van der Waals surface area (Å²) in [5.41, 5.74) is 8.01. The number of hydrogen-bond acceptors (Lipinski definition) is 3. The van der Waals surface area contributed by atoms with Crippen molar-refractivity contribution in [3.8, 4) is 0 Å². The number of ether oxygens (including phenoxy) is 1. The summed E-state index contributed by atoms with van der Waals surface area (Å²) in [4.78, 5) is 12.2. The Balaban J connectivity index is 2.27. The normalized spacial score (nSPS) is 24.6. The molecule has 16 heavy (non-hydrogen) atoms. The van der Waals surface area contributed by atoms with Gasteiger partial charge in [-0.15, -0.1) is 0 Å². The first-order chi connectivity index (χ1) is 7.59. The first-order valence-electron chi connectivity index (χ1n) is 5.61. The molecule has 2 atom stereocenters. The third kappa shape index (κ3) is 1.95. The molecular formula is C13H17NO2. The first kappa shape index (κ1) is 11.1. The molecule has 1 aromatic rings. The minimum Gasteiger partial charge on any atom is -0.399 e. The van der Waals surface area contributed by atoms with Crippen LogP contribution in [0.2, 0.25) is 0 Å². The number of nitrogen functional groups attached to an aromatic ring is 1. The molecule has 3 heteroatoms. The highest BCUT2D eigenvalue weighted by atomic mass is 16.5. The second-order valence-corrected chi connectivity index (χ2v) is 4.50. The second-order valence-electron chi connectivity index (χ2n) is 4.50. The molecule has 1 aliphatic rings. The van der Waals surface area contributed by atoms with Crippen LogP contribution in [0.3, 0.4) is 0 Å². The van der Waals surface area contributed by atoms with Gasteiger partial charge < -0.3 is 10.5 Å². The SMILES string of the molecule is Cc1cc(N)ccc1C(=O)C1OCCC1C. The van der Waals surface area contributed by atoms with Crippen molar-refractivity contribution in [2.45, 2.75) is 26.4 Å². The fourth-order valence-corrected chi connectivity index (χ4v) is 2.15. The third-order valence-electron chi connectivity index (χ3n) is 3.16. The second kappa shape index (κ2) is 4.26. The number of carbonyl (C=O) groups is 1. The number of anilines is 1. The molecule has 0 saturated carbocycles. The summed E-state index contributed by atoms with van der Waals surface area (Å²) in [5, 5.41) is 0. The maximum Gasteiger partial charge on any atom is 0.192 e. The Morgan fingerprint density at radius 2 is 2.25 bits per heavy atom. The van der Waals surface area contributed by atoms with Crippen molar-refractivity contribution < 1.29 is 9.53 Å². The van der Waals surface area contributed by atoms with Crippen LogP contribution >= 0.6 is 0 Å². The molecule has 0 amide bonds. The number of nitrogens with two attached hydrogens (primary N) is 1. The maximum absolute atomic E-state index is 12.2. The van der Waals surface area contributed by atoms with Gasteiger partial charge in [-0.1, -0.05) is 6.92 Å². The van der Waals surface area contributed by atoms with E-state index in [-0.39, 0.29) is 11.9 Å². The molecule has 2 unspecified atom stereocenters. The Morgan fingerprint density at radius 1 is 1.50 bits per heavy atom. The number of rotatable bonds is 2. The molecule has 2 N–H and O–H groups in total. The zero-order valence-electron chi connectivity index (χ0n) is 9.69. The highest BCUT2D eigenvalue weighted by Crippen LogP contribution is 2.25. The van der Waals surface area contributed by atoms with Crippen molar-refractivity contribution >= 4 is 11.5 Å². The molecule has 2 rings (SSSR count). The van der Waals surface area contributed by atoms with Gasteiger partial charge in [0.15, 0.2) is 5.78 Å². The lowest BCUT2D eigenvalue weighted by Gasteiger charge is -2.14. The van der Waals surface area contributed by atoms with E-state index in [0.29, 0.717) is 18.2 Å². The van der Waals surface area contributed by atoms with Crippen LogP contribution in [-0.2, 0) is 4.74 Å². The fourth-order valence-electron chi connectivity index (χ4n) is 2.15. The molecule has 1 aliphatic heterocycles. The highest BCUT2D eigenvalue weighted by Gasteiger charge is 2.31. The predicted molar refractivity (Wildman–Crippen MR) is 63.4 cm³/mol. The van der Waals surface area contributed by atoms with Gasteiger partial charge in [0.2, 0.25) is 0 Å². The van der Waals surface area contributed by atoms with Gasteiger partial charge in [0.1, 0.15) is 6.10 Å². The first-order valence-corrected chi connectivity index (χ1v) is 5.61. The monoisotopic (exact) mass is 219 g/mol.